The van der Waals surface area contributed by atoms with Crippen LogP contribution in [0.15, 0.2) is 34.9 Å². The van der Waals surface area contributed by atoms with Gasteiger partial charge in [0.15, 0.2) is 0 Å². The standard InChI is InChI=1S/C11H8BrNO3S/c12-8-2-1-3-9(4-8)16-6-7-5-13-17-10(7)11(14)15/h1-5H,6H2,(H,14,15). The van der Waals surface area contributed by atoms with Gasteiger partial charge in [0.05, 0.1) is 0 Å². The van der Waals surface area contributed by atoms with Crippen molar-refractivity contribution in [3.05, 3.63) is 45.4 Å². The monoisotopic (exact) mass is 313 g/mol. The third kappa shape index (κ3) is 3.04. The fourth-order valence-electron chi connectivity index (χ4n) is 1.26. The zero-order valence-electron chi connectivity index (χ0n) is 8.59. The molecule has 0 amide bonds. The Morgan fingerprint density at radius 3 is 3.06 bits per heavy atom. The molecule has 0 unspecified atom stereocenters. The number of hydrogen-bond acceptors (Lipinski definition) is 4. The van der Waals surface area contributed by atoms with E-state index >= 15 is 0 Å². The van der Waals surface area contributed by atoms with Gasteiger partial charge in [0.2, 0.25) is 0 Å². The minimum absolute atomic E-state index is 0.203. The van der Waals surface area contributed by atoms with Gasteiger partial charge in [0.1, 0.15) is 17.2 Å². The molecule has 0 saturated carbocycles. The summed E-state index contributed by atoms with van der Waals surface area (Å²) in [5, 5.41) is 8.90. The number of rotatable bonds is 4. The molecular weight excluding hydrogens is 306 g/mol. The number of carboxylic acid groups (broad SMARTS) is 1. The maximum absolute atomic E-state index is 10.9. The largest absolute Gasteiger partial charge is 0.489 e. The summed E-state index contributed by atoms with van der Waals surface area (Å²) in [4.78, 5) is 11.1. The molecular formula is C11H8BrNO3S. The van der Waals surface area contributed by atoms with Crippen molar-refractivity contribution >= 4 is 33.4 Å². The predicted octanol–water partition coefficient (Wildman–Crippen LogP) is 3.18. The van der Waals surface area contributed by atoms with Gasteiger partial charge in [-0.05, 0) is 29.7 Å². The quantitative estimate of drug-likeness (QED) is 0.941. The van der Waals surface area contributed by atoms with Crippen molar-refractivity contribution in [2.75, 3.05) is 0 Å². The number of carboxylic acids is 1. The van der Waals surface area contributed by atoms with E-state index in [1.807, 2.05) is 24.3 Å². The minimum Gasteiger partial charge on any atom is -0.489 e. The van der Waals surface area contributed by atoms with Crippen LogP contribution in [-0.2, 0) is 6.61 Å². The van der Waals surface area contributed by atoms with Crippen LogP contribution in [0.2, 0.25) is 0 Å². The van der Waals surface area contributed by atoms with Crippen LogP contribution in [0.25, 0.3) is 0 Å². The zero-order valence-corrected chi connectivity index (χ0v) is 11.0. The second kappa shape index (κ2) is 5.29. The molecule has 17 heavy (non-hydrogen) atoms. The van der Waals surface area contributed by atoms with E-state index in [-0.39, 0.29) is 11.5 Å². The summed E-state index contributed by atoms with van der Waals surface area (Å²) in [6.45, 7) is 0.203. The molecule has 2 aromatic rings. The molecule has 1 heterocycles. The number of nitrogens with zero attached hydrogens (tertiary/aromatic N) is 1. The Morgan fingerprint density at radius 2 is 2.35 bits per heavy atom. The van der Waals surface area contributed by atoms with Gasteiger partial charge < -0.3 is 9.84 Å². The lowest BCUT2D eigenvalue weighted by Gasteiger charge is -2.05. The van der Waals surface area contributed by atoms with E-state index in [1.165, 1.54) is 6.20 Å². The Kier molecular flexibility index (Phi) is 3.75. The normalized spacial score (nSPS) is 10.2. The van der Waals surface area contributed by atoms with Gasteiger partial charge >= 0.3 is 5.97 Å². The fourth-order valence-corrected chi connectivity index (χ4v) is 2.23. The molecule has 0 fully saturated rings. The highest BCUT2D eigenvalue weighted by Crippen LogP contribution is 2.20. The maximum Gasteiger partial charge on any atom is 0.347 e. The Balaban J connectivity index is 2.07. The highest BCUT2D eigenvalue weighted by molar-refractivity contribution is 9.10. The van der Waals surface area contributed by atoms with Gasteiger partial charge in [-0.15, -0.1) is 0 Å². The molecule has 0 radical (unpaired) electrons. The number of carbonyl (C=O) groups is 1. The highest BCUT2D eigenvalue weighted by atomic mass is 79.9. The lowest BCUT2D eigenvalue weighted by Crippen LogP contribution is -2.01. The second-order valence-corrected chi connectivity index (χ2v) is 4.95. The number of ether oxygens (including phenoxy) is 1. The molecule has 1 aromatic carbocycles. The van der Waals surface area contributed by atoms with Crippen LogP contribution in [0.1, 0.15) is 15.2 Å². The molecule has 0 saturated heterocycles. The van der Waals surface area contributed by atoms with E-state index in [9.17, 15) is 4.79 Å². The third-order valence-corrected chi connectivity index (χ3v) is 3.35. The summed E-state index contributed by atoms with van der Waals surface area (Å²) >= 11 is 4.29. The zero-order chi connectivity index (χ0) is 12.3. The van der Waals surface area contributed by atoms with Crippen molar-refractivity contribution in [1.29, 1.82) is 0 Å². The molecule has 1 aromatic heterocycles. The van der Waals surface area contributed by atoms with Crippen molar-refractivity contribution in [3.8, 4) is 5.75 Å². The van der Waals surface area contributed by atoms with E-state index in [2.05, 4.69) is 20.3 Å². The molecule has 0 bridgehead atoms. The summed E-state index contributed by atoms with van der Waals surface area (Å²) in [5.74, 6) is -0.290. The van der Waals surface area contributed by atoms with E-state index in [1.54, 1.807) is 0 Å². The summed E-state index contributed by atoms with van der Waals surface area (Å²) in [7, 11) is 0. The van der Waals surface area contributed by atoms with Crippen molar-refractivity contribution in [2.45, 2.75) is 6.61 Å². The van der Waals surface area contributed by atoms with Crippen LogP contribution in [-0.4, -0.2) is 15.4 Å². The summed E-state index contributed by atoms with van der Waals surface area (Å²) in [6, 6.07) is 7.37. The first-order chi connectivity index (χ1) is 8.16. The van der Waals surface area contributed by atoms with Crippen molar-refractivity contribution < 1.29 is 14.6 Å². The van der Waals surface area contributed by atoms with Gasteiger partial charge in [-0.3, -0.25) is 0 Å². The molecule has 0 aliphatic heterocycles. The summed E-state index contributed by atoms with van der Waals surface area (Å²) in [5.41, 5.74) is 0.586. The lowest BCUT2D eigenvalue weighted by molar-refractivity contribution is 0.0699. The van der Waals surface area contributed by atoms with Gasteiger partial charge in [0, 0.05) is 16.2 Å². The maximum atomic E-state index is 10.9. The average Bonchev–Trinajstić information content (AvgIpc) is 2.74. The molecule has 0 atom stereocenters. The van der Waals surface area contributed by atoms with E-state index in [0.29, 0.717) is 11.3 Å². The van der Waals surface area contributed by atoms with Gasteiger partial charge in [-0.2, -0.15) is 4.37 Å². The SMILES string of the molecule is O=C(O)c1sncc1COc1cccc(Br)c1. The van der Waals surface area contributed by atoms with Crippen LogP contribution in [0.3, 0.4) is 0 Å². The number of benzene rings is 1. The van der Waals surface area contributed by atoms with Gasteiger partial charge in [0.25, 0.3) is 0 Å². The number of aromatic nitrogens is 1. The molecule has 0 spiro atoms. The molecule has 0 aliphatic rings. The molecule has 4 nitrogen and oxygen atoms in total. The van der Waals surface area contributed by atoms with Crippen LogP contribution in [0.5, 0.6) is 5.75 Å². The number of hydrogen-bond donors (Lipinski definition) is 1. The first kappa shape index (κ1) is 12.1. The first-order valence-corrected chi connectivity index (χ1v) is 6.28. The van der Waals surface area contributed by atoms with Crippen LogP contribution in [0.4, 0.5) is 0 Å². The van der Waals surface area contributed by atoms with Crippen molar-refractivity contribution in [3.63, 3.8) is 0 Å². The topological polar surface area (TPSA) is 59.4 Å². The van der Waals surface area contributed by atoms with Crippen LogP contribution in [0, 0.1) is 0 Å². The fraction of sp³-hybridized carbons (Fsp3) is 0.0909. The Morgan fingerprint density at radius 1 is 1.53 bits per heavy atom. The van der Waals surface area contributed by atoms with E-state index in [0.717, 1.165) is 16.0 Å². The Bertz CT molecular complexity index is 541. The lowest BCUT2D eigenvalue weighted by atomic mass is 10.3. The first-order valence-electron chi connectivity index (χ1n) is 4.72. The molecule has 88 valence electrons. The highest BCUT2D eigenvalue weighted by Gasteiger charge is 2.13. The molecule has 0 aliphatic carbocycles. The average molecular weight is 314 g/mol. The molecule has 2 rings (SSSR count). The van der Waals surface area contributed by atoms with Gasteiger partial charge in [-0.25, -0.2) is 4.79 Å². The van der Waals surface area contributed by atoms with Gasteiger partial charge in [-0.1, -0.05) is 22.0 Å². The minimum atomic E-state index is -0.972. The predicted molar refractivity (Wildman–Crippen MR) is 67.5 cm³/mol. The Labute approximate surface area is 110 Å². The molecule has 1 N–H and O–H groups in total. The number of halogens is 1. The smallest absolute Gasteiger partial charge is 0.347 e. The molecule has 6 heteroatoms. The summed E-state index contributed by atoms with van der Waals surface area (Å²) in [6.07, 6.45) is 1.52. The Hall–Kier alpha value is -1.40. The number of aromatic carboxylic acids is 1. The van der Waals surface area contributed by atoms with E-state index < -0.39 is 5.97 Å². The van der Waals surface area contributed by atoms with Crippen molar-refractivity contribution in [2.24, 2.45) is 0 Å². The van der Waals surface area contributed by atoms with Crippen LogP contribution >= 0.6 is 27.5 Å². The van der Waals surface area contributed by atoms with Crippen LogP contribution < -0.4 is 4.74 Å². The summed E-state index contributed by atoms with van der Waals surface area (Å²) < 4.78 is 10.3. The second-order valence-electron chi connectivity index (χ2n) is 3.23. The third-order valence-electron chi connectivity index (χ3n) is 2.03. The van der Waals surface area contributed by atoms with Crippen molar-refractivity contribution in [1.82, 2.24) is 4.37 Å². The van der Waals surface area contributed by atoms with E-state index in [4.69, 9.17) is 9.84 Å².